The normalized spacial score (nSPS) is 16.9. The number of imidazole rings is 1. The molecule has 0 amide bonds. The van der Waals surface area contributed by atoms with Crippen LogP contribution in [0, 0.1) is 5.82 Å². The molecule has 0 aliphatic carbocycles. The molecule has 0 radical (unpaired) electrons. The van der Waals surface area contributed by atoms with Gasteiger partial charge in [0.2, 0.25) is 5.95 Å². The molecule has 7 nitrogen and oxygen atoms in total. The van der Waals surface area contributed by atoms with Crippen molar-refractivity contribution in [2.75, 3.05) is 11.4 Å². The summed E-state index contributed by atoms with van der Waals surface area (Å²) in [5.74, 6) is 1.97. The molecule has 3 aromatic heterocycles. The maximum absolute atomic E-state index is 13.6. The second-order valence-corrected chi connectivity index (χ2v) is 7.06. The van der Waals surface area contributed by atoms with Crippen molar-refractivity contribution in [3.63, 3.8) is 0 Å². The van der Waals surface area contributed by atoms with E-state index in [1.807, 2.05) is 24.4 Å². The van der Waals surface area contributed by atoms with Gasteiger partial charge in [-0.3, -0.25) is 0 Å². The average molecular weight is 389 g/mol. The smallest absolute Gasteiger partial charge is 0.227 e. The number of rotatable bonds is 4. The zero-order valence-corrected chi connectivity index (χ0v) is 15.7. The minimum Gasteiger partial charge on any atom is -0.340 e. The van der Waals surface area contributed by atoms with E-state index < -0.39 is 0 Å². The van der Waals surface area contributed by atoms with Crippen molar-refractivity contribution in [1.29, 1.82) is 0 Å². The number of nitrogens with one attached hydrogen (secondary N) is 1. The molecule has 1 atom stereocenters. The van der Waals surface area contributed by atoms with E-state index in [2.05, 4.69) is 25.0 Å². The summed E-state index contributed by atoms with van der Waals surface area (Å²) in [5.41, 5.74) is 1.58. The Morgan fingerprint density at radius 3 is 2.90 bits per heavy atom. The number of anilines is 1. The zero-order chi connectivity index (χ0) is 19.6. The molecule has 1 aliphatic heterocycles. The Morgan fingerprint density at radius 2 is 2.03 bits per heavy atom. The summed E-state index contributed by atoms with van der Waals surface area (Å²) in [6, 6.07) is 10.3. The number of H-pyrrole nitrogens is 1. The molecular formula is C21H20FN7. The van der Waals surface area contributed by atoms with Gasteiger partial charge in [-0.15, -0.1) is 0 Å². The van der Waals surface area contributed by atoms with Gasteiger partial charge in [-0.05, 0) is 37.5 Å². The fourth-order valence-corrected chi connectivity index (χ4v) is 3.77. The summed E-state index contributed by atoms with van der Waals surface area (Å²) in [4.78, 5) is 19.4. The molecule has 1 fully saturated rings. The first-order valence-corrected chi connectivity index (χ1v) is 9.68. The fourth-order valence-electron chi connectivity index (χ4n) is 3.77. The molecule has 0 saturated carbocycles. The Hall–Kier alpha value is -3.55. The van der Waals surface area contributed by atoms with Crippen molar-refractivity contribution >= 4 is 5.95 Å². The highest BCUT2D eigenvalue weighted by Crippen LogP contribution is 2.33. The third-order valence-electron chi connectivity index (χ3n) is 5.17. The van der Waals surface area contributed by atoms with E-state index in [1.54, 1.807) is 29.3 Å². The minimum atomic E-state index is -0.262. The third-order valence-corrected chi connectivity index (χ3v) is 5.17. The monoisotopic (exact) mass is 389 g/mol. The van der Waals surface area contributed by atoms with Crippen LogP contribution < -0.4 is 4.90 Å². The van der Waals surface area contributed by atoms with Crippen molar-refractivity contribution in [1.82, 2.24) is 29.7 Å². The summed E-state index contributed by atoms with van der Waals surface area (Å²) in [6.45, 7) is 0.850. The van der Waals surface area contributed by atoms with E-state index in [1.165, 1.54) is 12.1 Å². The molecule has 1 unspecified atom stereocenters. The van der Waals surface area contributed by atoms with Gasteiger partial charge in [-0.1, -0.05) is 12.1 Å². The number of nitrogens with zero attached hydrogens (tertiary/aromatic N) is 6. The Bertz CT molecular complexity index is 1110. The van der Waals surface area contributed by atoms with Gasteiger partial charge in [0, 0.05) is 36.8 Å². The second-order valence-electron chi connectivity index (χ2n) is 7.06. The van der Waals surface area contributed by atoms with Crippen LogP contribution >= 0.6 is 0 Å². The zero-order valence-electron chi connectivity index (χ0n) is 15.7. The Kier molecular flexibility index (Phi) is 4.51. The lowest BCUT2D eigenvalue weighted by Crippen LogP contribution is -2.35. The van der Waals surface area contributed by atoms with Gasteiger partial charge in [-0.25, -0.2) is 19.0 Å². The van der Waals surface area contributed by atoms with Crippen molar-refractivity contribution in [3.05, 3.63) is 72.8 Å². The van der Waals surface area contributed by atoms with Crippen LogP contribution in [0.2, 0.25) is 0 Å². The molecule has 1 aliphatic rings. The number of piperidine rings is 1. The highest BCUT2D eigenvalue weighted by molar-refractivity contribution is 5.58. The molecule has 5 rings (SSSR count). The molecular weight excluding hydrogens is 369 g/mol. The molecule has 4 heterocycles. The van der Waals surface area contributed by atoms with Crippen LogP contribution in [0.4, 0.5) is 10.3 Å². The Labute approximate surface area is 167 Å². The molecule has 8 heteroatoms. The van der Waals surface area contributed by atoms with Crippen molar-refractivity contribution < 1.29 is 4.39 Å². The molecule has 146 valence electrons. The topological polar surface area (TPSA) is 75.5 Å². The SMILES string of the molecule is Fc1cccc(-c2cnc(C3CCCCN3c3nccc(-n4cccn4)n3)[nH]2)c1. The van der Waals surface area contributed by atoms with E-state index in [0.29, 0.717) is 5.95 Å². The first-order valence-electron chi connectivity index (χ1n) is 9.68. The predicted octanol–water partition coefficient (Wildman–Crippen LogP) is 3.92. The average Bonchev–Trinajstić information content (AvgIpc) is 3.46. The van der Waals surface area contributed by atoms with E-state index >= 15 is 0 Å². The van der Waals surface area contributed by atoms with Crippen molar-refractivity contribution in [2.45, 2.75) is 25.3 Å². The summed E-state index contributed by atoms with van der Waals surface area (Å²) < 4.78 is 15.3. The fraction of sp³-hybridized carbons (Fsp3) is 0.238. The number of aromatic amines is 1. The number of aromatic nitrogens is 6. The maximum Gasteiger partial charge on any atom is 0.227 e. The lowest BCUT2D eigenvalue weighted by Gasteiger charge is -2.34. The minimum absolute atomic E-state index is 0.0407. The van der Waals surface area contributed by atoms with Crippen LogP contribution in [0.1, 0.15) is 31.1 Å². The molecule has 0 spiro atoms. The summed E-state index contributed by atoms with van der Waals surface area (Å²) in [5, 5.41) is 4.25. The van der Waals surface area contributed by atoms with Crippen LogP contribution in [0.15, 0.2) is 61.2 Å². The molecule has 1 N–H and O–H groups in total. The van der Waals surface area contributed by atoms with Crippen LogP contribution in [0.5, 0.6) is 0 Å². The first kappa shape index (κ1) is 17.5. The highest BCUT2D eigenvalue weighted by atomic mass is 19.1. The van der Waals surface area contributed by atoms with Gasteiger partial charge in [0.05, 0.1) is 17.9 Å². The highest BCUT2D eigenvalue weighted by Gasteiger charge is 2.28. The standard InChI is InChI=1S/C21H20FN7/c22-16-6-3-5-15(13-16)17-14-24-20(26-17)18-7-1-2-11-28(18)21-23-10-8-19(27-21)29-12-4-9-25-29/h3-6,8-10,12-14,18H,1-2,7,11H2,(H,24,26). The van der Waals surface area contributed by atoms with E-state index in [4.69, 9.17) is 4.98 Å². The van der Waals surface area contributed by atoms with Crippen LogP contribution in [-0.2, 0) is 0 Å². The van der Waals surface area contributed by atoms with E-state index in [9.17, 15) is 4.39 Å². The van der Waals surface area contributed by atoms with Gasteiger partial charge in [0.15, 0.2) is 5.82 Å². The number of hydrogen-bond donors (Lipinski definition) is 1. The number of benzene rings is 1. The third kappa shape index (κ3) is 3.49. The first-order chi connectivity index (χ1) is 14.3. The second kappa shape index (κ2) is 7.46. The quantitative estimate of drug-likeness (QED) is 0.572. The Balaban J connectivity index is 1.46. The lowest BCUT2D eigenvalue weighted by molar-refractivity contribution is 0.451. The van der Waals surface area contributed by atoms with Crippen LogP contribution in [0.3, 0.4) is 0 Å². The predicted molar refractivity (Wildman–Crippen MR) is 107 cm³/mol. The van der Waals surface area contributed by atoms with Crippen LogP contribution in [0.25, 0.3) is 17.1 Å². The van der Waals surface area contributed by atoms with Gasteiger partial charge in [0.1, 0.15) is 11.6 Å². The van der Waals surface area contributed by atoms with E-state index in [-0.39, 0.29) is 11.9 Å². The summed E-state index contributed by atoms with van der Waals surface area (Å²) in [6.07, 6.45) is 10.2. The largest absolute Gasteiger partial charge is 0.340 e. The molecule has 1 aromatic carbocycles. The maximum atomic E-state index is 13.6. The van der Waals surface area contributed by atoms with Crippen LogP contribution in [-0.4, -0.2) is 36.3 Å². The number of halogens is 1. The van der Waals surface area contributed by atoms with Gasteiger partial charge < -0.3 is 9.88 Å². The summed E-state index contributed by atoms with van der Waals surface area (Å²) in [7, 11) is 0. The number of hydrogen-bond acceptors (Lipinski definition) is 5. The summed E-state index contributed by atoms with van der Waals surface area (Å²) >= 11 is 0. The lowest BCUT2D eigenvalue weighted by atomic mass is 10.0. The Morgan fingerprint density at radius 1 is 1.07 bits per heavy atom. The molecule has 1 saturated heterocycles. The molecule has 29 heavy (non-hydrogen) atoms. The van der Waals surface area contributed by atoms with Gasteiger partial charge in [0.25, 0.3) is 0 Å². The van der Waals surface area contributed by atoms with Crippen molar-refractivity contribution in [2.24, 2.45) is 0 Å². The molecule has 4 aromatic rings. The molecule has 0 bridgehead atoms. The van der Waals surface area contributed by atoms with Crippen molar-refractivity contribution in [3.8, 4) is 17.1 Å². The van der Waals surface area contributed by atoms with Gasteiger partial charge >= 0.3 is 0 Å². The van der Waals surface area contributed by atoms with E-state index in [0.717, 1.165) is 48.7 Å². The van der Waals surface area contributed by atoms with Gasteiger partial charge in [-0.2, -0.15) is 10.1 Å².